The van der Waals surface area contributed by atoms with Gasteiger partial charge in [0, 0.05) is 24.2 Å². The minimum atomic E-state index is -0.378. The Kier molecular flexibility index (Phi) is 10.8. The number of carbonyl (C=O) groups is 1. The van der Waals surface area contributed by atoms with Crippen molar-refractivity contribution < 1.29 is 14.3 Å². The maximum absolute atomic E-state index is 12.7. The number of rotatable bonds is 10. The van der Waals surface area contributed by atoms with E-state index in [1.165, 1.54) is 50.3 Å². The van der Waals surface area contributed by atoms with Crippen molar-refractivity contribution in [3.63, 3.8) is 0 Å². The molecule has 4 saturated carbocycles. The van der Waals surface area contributed by atoms with E-state index in [2.05, 4.69) is 29.3 Å². The molecule has 1 aromatic carbocycles. The monoisotopic (exact) mass is 567 g/mol. The average Bonchev–Trinajstić information content (AvgIpc) is 2.82. The van der Waals surface area contributed by atoms with E-state index in [1.54, 1.807) is 12.3 Å². The van der Waals surface area contributed by atoms with Gasteiger partial charge in [0.1, 0.15) is 10.8 Å². The second kappa shape index (κ2) is 13.4. The van der Waals surface area contributed by atoms with Crippen LogP contribution in [0.2, 0.25) is 0 Å². The predicted octanol–water partition coefficient (Wildman–Crippen LogP) is 6.71. The van der Waals surface area contributed by atoms with E-state index < -0.39 is 0 Å². The summed E-state index contributed by atoms with van der Waals surface area (Å²) in [5.41, 5.74) is 0.288. The number of aromatic nitrogens is 1. The van der Waals surface area contributed by atoms with Crippen molar-refractivity contribution in [2.75, 3.05) is 33.8 Å². The molecule has 1 amide bonds. The maximum Gasteiger partial charge on any atom is 0.412 e. The Bertz CT molecular complexity index is 987. The summed E-state index contributed by atoms with van der Waals surface area (Å²) in [6.07, 6.45) is 10.4. The smallest absolute Gasteiger partial charge is 0.412 e. The van der Waals surface area contributed by atoms with Crippen molar-refractivity contribution in [3.8, 4) is 11.5 Å². The summed E-state index contributed by atoms with van der Waals surface area (Å²) in [5, 5.41) is 3.78. The molecule has 0 unspecified atom stereocenters. The van der Waals surface area contributed by atoms with Gasteiger partial charge in [0.05, 0.1) is 6.61 Å². The van der Waals surface area contributed by atoms with Gasteiger partial charge in [-0.2, -0.15) is 0 Å². The topological polar surface area (TPSA) is 63.7 Å². The molecule has 4 bridgehead atoms. The van der Waals surface area contributed by atoms with Crippen LogP contribution in [0.15, 0.2) is 52.5 Å². The van der Waals surface area contributed by atoms with Crippen LogP contribution in [-0.4, -0.2) is 49.8 Å². The van der Waals surface area contributed by atoms with Gasteiger partial charge in [-0.1, -0.05) is 11.8 Å². The first kappa shape index (κ1) is 29.9. The number of ether oxygens (including phenoxy) is 2. The van der Waals surface area contributed by atoms with Crippen LogP contribution in [0.5, 0.6) is 11.5 Å². The van der Waals surface area contributed by atoms with Crippen LogP contribution in [-0.2, 0) is 0 Å². The third-order valence-corrected chi connectivity index (χ3v) is 8.78. The molecule has 9 heteroatoms. The van der Waals surface area contributed by atoms with Crippen LogP contribution < -0.4 is 14.8 Å². The summed E-state index contributed by atoms with van der Waals surface area (Å²) in [5.74, 6) is 3.96. The highest BCUT2D eigenvalue weighted by molar-refractivity contribution is 7.99. The van der Waals surface area contributed by atoms with Gasteiger partial charge >= 0.3 is 6.09 Å². The molecule has 37 heavy (non-hydrogen) atoms. The number of nitrogens with zero attached hydrogens (tertiary/aromatic N) is 2. The molecule has 204 valence electrons. The minimum Gasteiger partial charge on any atom is -0.494 e. The lowest BCUT2D eigenvalue weighted by molar-refractivity contribution is -0.0503. The number of halogens is 2. The van der Waals surface area contributed by atoms with Crippen LogP contribution in [0.4, 0.5) is 4.79 Å². The molecule has 6 nitrogen and oxygen atoms in total. The summed E-state index contributed by atoms with van der Waals surface area (Å²) < 4.78 is 11.6. The number of amides is 1. The molecule has 0 atom stereocenters. The van der Waals surface area contributed by atoms with Crippen molar-refractivity contribution in [2.45, 2.75) is 54.9 Å². The zero-order valence-corrected chi connectivity index (χ0v) is 24.1. The van der Waals surface area contributed by atoms with Crippen LogP contribution in [0.1, 0.15) is 44.9 Å². The first-order valence-corrected chi connectivity index (χ1v) is 13.7. The van der Waals surface area contributed by atoms with Crippen LogP contribution in [0.3, 0.4) is 0 Å². The molecule has 1 N–H and O–H groups in total. The molecule has 1 aromatic heterocycles. The fourth-order valence-corrected chi connectivity index (χ4v) is 7.54. The molecule has 4 aliphatic carbocycles. The zero-order chi connectivity index (χ0) is 24.3. The normalized spacial score (nSPS) is 25.2. The lowest BCUT2D eigenvalue weighted by atomic mass is 9.49. The highest BCUT2D eigenvalue weighted by Crippen LogP contribution is 2.59. The number of carbonyl (C=O) groups excluding carboxylic acids is 1. The molecule has 4 fully saturated rings. The molecule has 0 radical (unpaired) electrons. The lowest BCUT2D eigenvalue weighted by Crippen LogP contribution is -2.51. The highest BCUT2D eigenvalue weighted by atomic mass is 35.5. The van der Waals surface area contributed by atoms with Gasteiger partial charge in [0.25, 0.3) is 0 Å². The first-order chi connectivity index (χ1) is 17.0. The molecular formula is C28H39Cl2N3O3S. The molecule has 2 aromatic rings. The Balaban J connectivity index is 0.00000190. The summed E-state index contributed by atoms with van der Waals surface area (Å²) in [4.78, 5) is 20.4. The minimum absolute atomic E-state index is 0. The maximum atomic E-state index is 12.7. The summed E-state index contributed by atoms with van der Waals surface area (Å²) in [6.45, 7) is 2.43. The SMILES string of the molecule is CN(C)CCCOc1ccc(Sc2ncccc2OC(=O)NCC23CC4CC(CC(C4)C2)C3)cc1.Cl.Cl. The molecule has 6 rings (SSSR count). The standard InChI is InChI=1S/C28H37N3O3S.2ClH/c1-31(2)11-4-12-33-23-6-8-24(9-7-23)35-26-25(5-3-10-29-26)34-27(32)30-19-28-16-20-13-21(17-28)15-22(14-20)18-28;;/h3,5-10,20-22H,4,11-19H2,1-2H3,(H,30,32);2*1H. The van der Waals surface area contributed by atoms with E-state index in [1.807, 2.05) is 30.3 Å². The molecule has 4 aliphatic rings. The molecular weight excluding hydrogens is 529 g/mol. The quantitative estimate of drug-likeness (QED) is 0.322. The average molecular weight is 569 g/mol. The van der Waals surface area contributed by atoms with Gasteiger partial charge in [0.2, 0.25) is 0 Å². The van der Waals surface area contributed by atoms with E-state index in [-0.39, 0.29) is 36.3 Å². The number of nitrogens with one attached hydrogen (secondary N) is 1. The summed E-state index contributed by atoms with van der Waals surface area (Å²) in [7, 11) is 4.13. The van der Waals surface area contributed by atoms with E-state index in [0.29, 0.717) is 17.4 Å². The lowest BCUT2D eigenvalue weighted by Gasteiger charge is -2.56. The zero-order valence-electron chi connectivity index (χ0n) is 21.7. The number of benzene rings is 1. The molecule has 1 heterocycles. The molecule has 0 spiro atoms. The third-order valence-electron chi connectivity index (χ3n) is 7.77. The number of hydrogen-bond acceptors (Lipinski definition) is 6. The second-order valence-electron chi connectivity index (χ2n) is 11.0. The van der Waals surface area contributed by atoms with Gasteiger partial charge in [0.15, 0.2) is 5.75 Å². The fourth-order valence-electron chi connectivity index (χ4n) is 6.72. The number of hydrogen-bond donors (Lipinski definition) is 1. The van der Waals surface area contributed by atoms with E-state index in [9.17, 15) is 4.79 Å². The molecule has 0 saturated heterocycles. The Hall–Kier alpha value is -1.67. The number of pyridine rings is 1. The highest BCUT2D eigenvalue weighted by Gasteiger charge is 2.50. The Morgan fingerprint density at radius 2 is 1.70 bits per heavy atom. The van der Waals surface area contributed by atoms with Gasteiger partial charge in [-0.25, -0.2) is 9.78 Å². The van der Waals surface area contributed by atoms with Crippen molar-refractivity contribution >= 4 is 42.7 Å². The van der Waals surface area contributed by atoms with Gasteiger partial charge < -0.3 is 19.7 Å². The van der Waals surface area contributed by atoms with Crippen molar-refractivity contribution in [3.05, 3.63) is 42.6 Å². The van der Waals surface area contributed by atoms with Crippen LogP contribution >= 0.6 is 36.6 Å². The fraction of sp³-hybridized carbons (Fsp3) is 0.571. The summed E-state index contributed by atoms with van der Waals surface area (Å²) >= 11 is 1.48. The first-order valence-electron chi connectivity index (χ1n) is 12.9. The van der Waals surface area contributed by atoms with Crippen molar-refractivity contribution in [1.82, 2.24) is 15.2 Å². The van der Waals surface area contributed by atoms with E-state index in [4.69, 9.17) is 9.47 Å². The van der Waals surface area contributed by atoms with Crippen LogP contribution in [0.25, 0.3) is 0 Å². The van der Waals surface area contributed by atoms with Gasteiger partial charge in [-0.05, 0) is 119 Å². The second-order valence-corrected chi connectivity index (χ2v) is 12.1. The Morgan fingerprint density at radius 1 is 1.05 bits per heavy atom. The summed E-state index contributed by atoms with van der Waals surface area (Å²) in [6, 6.07) is 11.6. The van der Waals surface area contributed by atoms with Crippen molar-refractivity contribution in [2.24, 2.45) is 23.2 Å². The Labute approximate surface area is 237 Å². The molecule has 0 aliphatic heterocycles. The van der Waals surface area contributed by atoms with Gasteiger partial charge in [-0.3, -0.25) is 0 Å². The van der Waals surface area contributed by atoms with E-state index >= 15 is 0 Å². The van der Waals surface area contributed by atoms with Gasteiger partial charge in [-0.15, -0.1) is 24.8 Å². The van der Waals surface area contributed by atoms with Crippen LogP contribution in [0, 0.1) is 23.2 Å². The third kappa shape index (κ3) is 7.92. The largest absolute Gasteiger partial charge is 0.494 e. The Morgan fingerprint density at radius 3 is 2.32 bits per heavy atom. The van der Waals surface area contributed by atoms with Crippen molar-refractivity contribution in [1.29, 1.82) is 0 Å². The predicted molar refractivity (Wildman–Crippen MR) is 153 cm³/mol. The van der Waals surface area contributed by atoms with E-state index in [0.717, 1.165) is 47.9 Å².